The molecule has 0 radical (unpaired) electrons. The molecule has 1 aliphatic heterocycles. The van der Waals surface area contributed by atoms with Crippen molar-refractivity contribution in [3.8, 4) is 0 Å². The monoisotopic (exact) mass is 210 g/mol. The Labute approximate surface area is 94.2 Å². The van der Waals surface area contributed by atoms with E-state index in [2.05, 4.69) is 4.90 Å². The Kier molecular flexibility index (Phi) is 4.45. The topological polar surface area (TPSA) is 29.3 Å². The minimum atomic E-state index is 0.877. The second kappa shape index (κ2) is 5.86. The first-order valence-electron chi connectivity index (χ1n) is 6.81. The number of hydrogen-bond donors (Lipinski definition) is 1. The Balaban J connectivity index is 1.67. The van der Waals surface area contributed by atoms with Crippen LogP contribution in [0.5, 0.6) is 0 Å². The van der Waals surface area contributed by atoms with Crippen LogP contribution in [0.2, 0.25) is 0 Å². The molecule has 0 aromatic heterocycles. The van der Waals surface area contributed by atoms with E-state index in [0.717, 1.165) is 18.4 Å². The number of likely N-dealkylation sites (tertiary alicyclic amines) is 1. The zero-order valence-corrected chi connectivity index (χ0v) is 9.96. The van der Waals surface area contributed by atoms with Crippen LogP contribution in [0.4, 0.5) is 0 Å². The summed E-state index contributed by atoms with van der Waals surface area (Å²) in [6, 6.07) is 0. The molecule has 2 N–H and O–H groups in total. The summed E-state index contributed by atoms with van der Waals surface area (Å²) in [5, 5.41) is 0. The van der Waals surface area contributed by atoms with Crippen LogP contribution in [0.25, 0.3) is 0 Å². The Morgan fingerprint density at radius 2 is 1.80 bits per heavy atom. The molecule has 2 nitrogen and oxygen atoms in total. The molecule has 2 heteroatoms. The van der Waals surface area contributed by atoms with Gasteiger partial charge in [-0.05, 0) is 50.6 Å². The summed E-state index contributed by atoms with van der Waals surface area (Å²) in [5.41, 5.74) is 5.62. The minimum Gasteiger partial charge on any atom is -0.330 e. The van der Waals surface area contributed by atoms with Crippen molar-refractivity contribution in [1.29, 1.82) is 0 Å². The van der Waals surface area contributed by atoms with Crippen LogP contribution in [0.15, 0.2) is 0 Å². The van der Waals surface area contributed by atoms with Gasteiger partial charge in [-0.25, -0.2) is 0 Å². The first-order chi connectivity index (χ1) is 7.38. The fraction of sp³-hybridized carbons (Fsp3) is 1.00. The Morgan fingerprint density at radius 1 is 1.00 bits per heavy atom. The van der Waals surface area contributed by atoms with Crippen molar-refractivity contribution >= 4 is 0 Å². The van der Waals surface area contributed by atoms with E-state index >= 15 is 0 Å². The lowest BCUT2D eigenvalue weighted by molar-refractivity contribution is 0.227. The average Bonchev–Trinajstić information content (AvgIpc) is 2.68. The fourth-order valence-corrected chi connectivity index (χ4v) is 3.28. The molecule has 1 saturated heterocycles. The Hall–Kier alpha value is -0.0800. The largest absolute Gasteiger partial charge is 0.330 e. The molecule has 0 bridgehead atoms. The summed E-state index contributed by atoms with van der Waals surface area (Å²) in [7, 11) is 0. The molecule has 1 saturated carbocycles. The molecule has 1 heterocycles. The maximum absolute atomic E-state index is 5.62. The normalized spacial score (nSPS) is 29.8. The molecule has 1 atom stereocenters. The van der Waals surface area contributed by atoms with Crippen LogP contribution in [0, 0.1) is 11.8 Å². The molecule has 88 valence electrons. The third-order valence-electron chi connectivity index (χ3n) is 4.19. The van der Waals surface area contributed by atoms with Gasteiger partial charge in [0.25, 0.3) is 0 Å². The number of nitrogens with two attached hydrogens (primary N) is 1. The third kappa shape index (κ3) is 3.46. The van der Waals surface area contributed by atoms with Gasteiger partial charge in [0.2, 0.25) is 0 Å². The molecule has 15 heavy (non-hydrogen) atoms. The van der Waals surface area contributed by atoms with Gasteiger partial charge in [-0.3, -0.25) is 0 Å². The summed E-state index contributed by atoms with van der Waals surface area (Å²) in [6.07, 6.45) is 10.0. The van der Waals surface area contributed by atoms with Gasteiger partial charge in [0.05, 0.1) is 0 Å². The first kappa shape index (κ1) is 11.4. The molecule has 0 aromatic rings. The van der Waals surface area contributed by atoms with Crippen LogP contribution in [0.1, 0.15) is 44.9 Å². The lowest BCUT2D eigenvalue weighted by atomic mass is 9.89. The highest BCUT2D eigenvalue weighted by atomic mass is 15.1. The number of hydrogen-bond acceptors (Lipinski definition) is 2. The zero-order valence-electron chi connectivity index (χ0n) is 9.96. The SMILES string of the molecule is NCCC1CCN(CC2CCCCC2)C1. The van der Waals surface area contributed by atoms with E-state index in [1.807, 2.05) is 0 Å². The zero-order chi connectivity index (χ0) is 10.5. The van der Waals surface area contributed by atoms with Gasteiger partial charge in [-0.1, -0.05) is 19.3 Å². The molecule has 2 fully saturated rings. The highest BCUT2D eigenvalue weighted by molar-refractivity contribution is 4.78. The van der Waals surface area contributed by atoms with Crippen LogP contribution in [-0.2, 0) is 0 Å². The van der Waals surface area contributed by atoms with Crippen molar-refractivity contribution in [2.45, 2.75) is 44.9 Å². The van der Waals surface area contributed by atoms with Gasteiger partial charge in [0.15, 0.2) is 0 Å². The van der Waals surface area contributed by atoms with E-state index in [0.29, 0.717) is 0 Å². The molecule has 1 aliphatic carbocycles. The maximum Gasteiger partial charge on any atom is 0.00107 e. The van der Waals surface area contributed by atoms with Gasteiger partial charge < -0.3 is 10.6 Å². The lowest BCUT2D eigenvalue weighted by Gasteiger charge is -2.26. The van der Waals surface area contributed by atoms with Gasteiger partial charge in [0.1, 0.15) is 0 Å². The molecular weight excluding hydrogens is 184 g/mol. The summed E-state index contributed by atoms with van der Waals surface area (Å²) in [6.45, 7) is 4.91. The average molecular weight is 210 g/mol. The molecule has 0 amide bonds. The number of nitrogens with zero attached hydrogens (tertiary/aromatic N) is 1. The van der Waals surface area contributed by atoms with E-state index in [-0.39, 0.29) is 0 Å². The summed E-state index contributed by atoms with van der Waals surface area (Å²) >= 11 is 0. The molecule has 2 aliphatic rings. The quantitative estimate of drug-likeness (QED) is 0.771. The van der Waals surface area contributed by atoms with Crippen LogP contribution >= 0.6 is 0 Å². The molecule has 1 unspecified atom stereocenters. The predicted molar refractivity (Wildman–Crippen MR) is 64.8 cm³/mol. The van der Waals surface area contributed by atoms with Crippen molar-refractivity contribution < 1.29 is 0 Å². The summed E-state index contributed by atoms with van der Waals surface area (Å²) < 4.78 is 0. The minimum absolute atomic E-state index is 0.877. The molecule has 0 spiro atoms. The highest BCUT2D eigenvalue weighted by Crippen LogP contribution is 2.27. The highest BCUT2D eigenvalue weighted by Gasteiger charge is 2.24. The predicted octanol–water partition coefficient (Wildman–Crippen LogP) is 2.24. The van der Waals surface area contributed by atoms with E-state index in [9.17, 15) is 0 Å². The lowest BCUT2D eigenvalue weighted by Crippen LogP contribution is -2.28. The van der Waals surface area contributed by atoms with E-state index < -0.39 is 0 Å². The van der Waals surface area contributed by atoms with E-state index in [1.165, 1.54) is 64.6 Å². The van der Waals surface area contributed by atoms with Crippen molar-refractivity contribution in [3.63, 3.8) is 0 Å². The standard InChI is InChI=1S/C13H26N2/c14-8-6-13-7-9-15(11-13)10-12-4-2-1-3-5-12/h12-13H,1-11,14H2. The van der Waals surface area contributed by atoms with Crippen LogP contribution in [-0.4, -0.2) is 31.1 Å². The second-order valence-electron chi connectivity index (χ2n) is 5.50. The summed E-state index contributed by atoms with van der Waals surface area (Å²) in [5.74, 6) is 1.91. The van der Waals surface area contributed by atoms with Gasteiger partial charge in [-0.15, -0.1) is 0 Å². The Bertz CT molecular complexity index is 175. The van der Waals surface area contributed by atoms with Gasteiger partial charge in [0, 0.05) is 13.1 Å². The van der Waals surface area contributed by atoms with Crippen molar-refractivity contribution in [2.24, 2.45) is 17.6 Å². The van der Waals surface area contributed by atoms with Gasteiger partial charge in [-0.2, -0.15) is 0 Å². The van der Waals surface area contributed by atoms with E-state index in [1.54, 1.807) is 0 Å². The molecular formula is C13H26N2. The smallest absolute Gasteiger partial charge is 0.00107 e. The third-order valence-corrected chi connectivity index (χ3v) is 4.19. The van der Waals surface area contributed by atoms with Crippen molar-refractivity contribution in [3.05, 3.63) is 0 Å². The maximum atomic E-state index is 5.62. The number of rotatable bonds is 4. The van der Waals surface area contributed by atoms with Gasteiger partial charge >= 0.3 is 0 Å². The molecule has 2 rings (SSSR count). The first-order valence-corrected chi connectivity index (χ1v) is 6.81. The van der Waals surface area contributed by atoms with Crippen LogP contribution in [0.3, 0.4) is 0 Å². The Morgan fingerprint density at radius 3 is 2.53 bits per heavy atom. The fourth-order valence-electron chi connectivity index (χ4n) is 3.28. The van der Waals surface area contributed by atoms with Crippen molar-refractivity contribution in [1.82, 2.24) is 4.90 Å². The van der Waals surface area contributed by atoms with Crippen LogP contribution < -0.4 is 5.73 Å². The van der Waals surface area contributed by atoms with Crippen molar-refractivity contribution in [2.75, 3.05) is 26.2 Å². The molecule has 0 aromatic carbocycles. The summed E-state index contributed by atoms with van der Waals surface area (Å²) in [4.78, 5) is 2.69. The second-order valence-corrected chi connectivity index (χ2v) is 5.50. The van der Waals surface area contributed by atoms with E-state index in [4.69, 9.17) is 5.73 Å².